The van der Waals surface area contributed by atoms with Gasteiger partial charge in [0, 0.05) is 37.6 Å². The van der Waals surface area contributed by atoms with E-state index < -0.39 is 0 Å². The molecule has 2 N–H and O–H groups in total. The minimum absolute atomic E-state index is 0.0226. The van der Waals surface area contributed by atoms with Gasteiger partial charge in [-0.1, -0.05) is 32.0 Å². The molecule has 0 spiro atoms. The van der Waals surface area contributed by atoms with Crippen molar-refractivity contribution in [3.8, 4) is 0 Å². The van der Waals surface area contributed by atoms with E-state index in [0.717, 1.165) is 24.3 Å². The fourth-order valence-electron chi connectivity index (χ4n) is 3.55. The number of nitrogens with one attached hydrogen (secondary N) is 2. The van der Waals surface area contributed by atoms with Crippen LogP contribution in [-0.4, -0.2) is 60.9 Å². The normalized spacial score (nSPS) is 15.2. The summed E-state index contributed by atoms with van der Waals surface area (Å²) in [5, 5.41) is 5.81. The van der Waals surface area contributed by atoms with Gasteiger partial charge in [-0.3, -0.25) is 19.4 Å². The van der Waals surface area contributed by atoms with Crippen LogP contribution >= 0.6 is 0 Å². The smallest absolute Gasteiger partial charge is 0.238 e. The summed E-state index contributed by atoms with van der Waals surface area (Å²) in [6.45, 7) is 7.71. The highest BCUT2D eigenvalue weighted by Gasteiger charge is 2.21. The molecule has 2 aromatic rings. The summed E-state index contributed by atoms with van der Waals surface area (Å²) in [5.74, 6) is -0.143. The Bertz CT molecular complexity index is 862. The monoisotopic (exact) mass is 412 g/mol. The molecule has 160 valence electrons. The summed E-state index contributed by atoms with van der Waals surface area (Å²) in [4.78, 5) is 28.8. The number of piperazine rings is 1. The largest absolute Gasteiger partial charge is 0.325 e. The number of para-hydroxylation sites is 1. The molecule has 1 fully saturated rings. The van der Waals surface area contributed by atoms with Crippen molar-refractivity contribution in [2.24, 2.45) is 0 Å². The van der Waals surface area contributed by atoms with Crippen molar-refractivity contribution < 1.29 is 14.0 Å². The maximum absolute atomic E-state index is 12.9. The highest BCUT2D eigenvalue weighted by atomic mass is 19.1. The van der Waals surface area contributed by atoms with Crippen LogP contribution in [0.25, 0.3) is 0 Å². The van der Waals surface area contributed by atoms with Crippen LogP contribution < -0.4 is 10.6 Å². The number of anilines is 2. The zero-order valence-electron chi connectivity index (χ0n) is 17.5. The van der Waals surface area contributed by atoms with Crippen molar-refractivity contribution in [2.75, 3.05) is 49.9 Å². The van der Waals surface area contributed by atoms with Gasteiger partial charge in [0.25, 0.3) is 0 Å². The minimum Gasteiger partial charge on any atom is -0.325 e. The van der Waals surface area contributed by atoms with Crippen LogP contribution in [-0.2, 0) is 9.59 Å². The second-order valence-electron chi connectivity index (χ2n) is 7.90. The van der Waals surface area contributed by atoms with Crippen LogP contribution in [0.1, 0.15) is 25.3 Å². The molecule has 0 unspecified atom stereocenters. The Morgan fingerprint density at radius 1 is 0.867 bits per heavy atom. The predicted octanol–water partition coefficient (Wildman–Crippen LogP) is 3.14. The Morgan fingerprint density at radius 2 is 1.40 bits per heavy atom. The molecular weight excluding hydrogens is 383 g/mol. The predicted molar refractivity (Wildman–Crippen MR) is 117 cm³/mol. The van der Waals surface area contributed by atoms with Crippen molar-refractivity contribution in [3.05, 3.63) is 59.9 Å². The molecule has 1 aliphatic rings. The van der Waals surface area contributed by atoms with E-state index in [4.69, 9.17) is 0 Å². The van der Waals surface area contributed by atoms with E-state index in [1.807, 2.05) is 24.3 Å². The number of amides is 2. The van der Waals surface area contributed by atoms with E-state index >= 15 is 0 Å². The summed E-state index contributed by atoms with van der Waals surface area (Å²) < 4.78 is 12.9. The van der Waals surface area contributed by atoms with Gasteiger partial charge in [0.05, 0.1) is 13.1 Å². The molecule has 1 heterocycles. The summed E-state index contributed by atoms with van der Waals surface area (Å²) in [6, 6.07) is 13.6. The van der Waals surface area contributed by atoms with Crippen molar-refractivity contribution in [2.45, 2.75) is 19.8 Å². The van der Waals surface area contributed by atoms with Gasteiger partial charge in [-0.15, -0.1) is 0 Å². The SMILES string of the molecule is CC(C)c1ccccc1NC(=O)CN1CCN(CC(=O)Nc2ccc(F)cc2)CC1. The number of nitrogens with zero attached hydrogens (tertiary/aromatic N) is 2. The molecule has 0 saturated carbocycles. The molecule has 0 radical (unpaired) electrons. The molecule has 3 rings (SSSR count). The lowest BCUT2D eigenvalue weighted by atomic mass is 10.0. The summed E-state index contributed by atoms with van der Waals surface area (Å²) >= 11 is 0. The maximum atomic E-state index is 12.9. The van der Waals surface area contributed by atoms with E-state index in [2.05, 4.69) is 34.3 Å². The Kier molecular flexibility index (Phi) is 7.54. The summed E-state index contributed by atoms with van der Waals surface area (Å²) in [5.41, 5.74) is 2.58. The summed E-state index contributed by atoms with van der Waals surface area (Å²) in [6.07, 6.45) is 0. The van der Waals surface area contributed by atoms with Gasteiger partial charge in [0.15, 0.2) is 0 Å². The zero-order valence-corrected chi connectivity index (χ0v) is 17.5. The fraction of sp³-hybridized carbons (Fsp3) is 0.391. The second-order valence-corrected chi connectivity index (χ2v) is 7.90. The van der Waals surface area contributed by atoms with Gasteiger partial charge >= 0.3 is 0 Å². The van der Waals surface area contributed by atoms with Gasteiger partial charge in [0.1, 0.15) is 5.82 Å². The number of hydrogen-bond acceptors (Lipinski definition) is 4. The highest BCUT2D eigenvalue weighted by molar-refractivity contribution is 5.93. The van der Waals surface area contributed by atoms with E-state index in [0.29, 0.717) is 31.2 Å². The third kappa shape index (κ3) is 6.37. The zero-order chi connectivity index (χ0) is 21.5. The standard InChI is InChI=1S/C23H29FN4O2/c1-17(2)20-5-3-4-6-21(20)26-23(30)16-28-13-11-27(12-14-28)15-22(29)25-19-9-7-18(24)8-10-19/h3-10,17H,11-16H2,1-2H3,(H,25,29)(H,26,30). The number of halogens is 1. The van der Waals surface area contributed by atoms with E-state index in [1.54, 1.807) is 12.1 Å². The molecule has 2 aromatic carbocycles. The average molecular weight is 413 g/mol. The number of carbonyl (C=O) groups is 2. The van der Waals surface area contributed by atoms with Crippen molar-refractivity contribution >= 4 is 23.2 Å². The summed E-state index contributed by atoms with van der Waals surface area (Å²) in [7, 11) is 0. The third-order valence-corrected chi connectivity index (χ3v) is 5.18. The first-order chi connectivity index (χ1) is 14.4. The topological polar surface area (TPSA) is 64.7 Å². The lowest BCUT2D eigenvalue weighted by molar-refractivity contribution is -0.120. The number of rotatable bonds is 7. The minimum atomic E-state index is -0.333. The van der Waals surface area contributed by atoms with E-state index in [-0.39, 0.29) is 24.2 Å². The lowest BCUT2D eigenvalue weighted by Crippen LogP contribution is -2.50. The van der Waals surface area contributed by atoms with Gasteiger partial charge in [-0.25, -0.2) is 4.39 Å². The van der Waals surface area contributed by atoms with E-state index in [1.165, 1.54) is 12.1 Å². The Balaban J connectivity index is 1.41. The quantitative estimate of drug-likeness (QED) is 0.733. The van der Waals surface area contributed by atoms with Crippen molar-refractivity contribution in [3.63, 3.8) is 0 Å². The van der Waals surface area contributed by atoms with Gasteiger partial charge in [0.2, 0.25) is 11.8 Å². The van der Waals surface area contributed by atoms with Crippen LogP contribution in [0, 0.1) is 5.82 Å². The molecule has 0 aliphatic carbocycles. The number of benzene rings is 2. The molecule has 6 nitrogen and oxygen atoms in total. The van der Waals surface area contributed by atoms with Crippen molar-refractivity contribution in [1.82, 2.24) is 9.80 Å². The molecule has 2 amide bonds. The van der Waals surface area contributed by atoms with Crippen LogP contribution in [0.2, 0.25) is 0 Å². The first-order valence-electron chi connectivity index (χ1n) is 10.3. The van der Waals surface area contributed by atoms with Crippen LogP contribution in [0.4, 0.5) is 15.8 Å². The first-order valence-corrected chi connectivity index (χ1v) is 10.3. The molecule has 30 heavy (non-hydrogen) atoms. The number of hydrogen-bond donors (Lipinski definition) is 2. The van der Waals surface area contributed by atoms with Gasteiger partial charge in [-0.05, 0) is 41.8 Å². The lowest BCUT2D eigenvalue weighted by Gasteiger charge is -2.33. The van der Waals surface area contributed by atoms with Gasteiger partial charge < -0.3 is 10.6 Å². The molecule has 0 aromatic heterocycles. The highest BCUT2D eigenvalue weighted by Crippen LogP contribution is 2.23. The fourth-order valence-corrected chi connectivity index (χ4v) is 3.55. The second kappa shape index (κ2) is 10.3. The molecule has 1 saturated heterocycles. The molecule has 0 bridgehead atoms. The maximum Gasteiger partial charge on any atom is 0.238 e. The van der Waals surface area contributed by atoms with Gasteiger partial charge in [-0.2, -0.15) is 0 Å². The Labute approximate surface area is 177 Å². The van der Waals surface area contributed by atoms with E-state index in [9.17, 15) is 14.0 Å². The van der Waals surface area contributed by atoms with Crippen LogP contribution in [0.15, 0.2) is 48.5 Å². The molecule has 1 aliphatic heterocycles. The third-order valence-electron chi connectivity index (χ3n) is 5.18. The van der Waals surface area contributed by atoms with Crippen molar-refractivity contribution in [1.29, 1.82) is 0 Å². The Hall–Kier alpha value is -2.77. The molecule has 7 heteroatoms. The molecule has 0 atom stereocenters. The first kappa shape index (κ1) is 21.9. The van der Waals surface area contributed by atoms with Crippen LogP contribution in [0.3, 0.4) is 0 Å². The average Bonchev–Trinajstić information content (AvgIpc) is 2.71. The number of carbonyl (C=O) groups excluding carboxylic acids is 2. The Morgan fingerprint density at radius 3 is 1.97 bits per heavy atom. The molecular formula is C23H29FN4O2. The van der Waals surface area contributed by atoms with Crippen LogP contribution in [0.5, 0.6) is 0 Å².